The molecule has 2 bridgehead atoms. The number of fused-ring (bicyclic) bond motifs is 2. The predicted octanol–water partition coefficient (Wildman–Crippen LogP) is 2.90. The molecule has 3 aliphatic rings. The van der Waals surface area contributed by atoms with Crippen molar-refractivity contribution in [3.05, 3.63) is 23.5 Å². The van der Waals surface area contributed by atoms with Crippen LogP contribution < -0.4 is 0 Å². The van der Waals surface area contributed by atoms with E-state index in [1.807, 2.05) is 6.92 Å². The van der Waals surface area contributed by atoms with Crippen molar-refractivity contribution in [3.63, 3.8) is 0 Å². The third kappa shape index (κ3) is 2.61. The van der Waals surface area contributed by atoms with Gasteiger partial charge >= 0.3 is 0 Å². The molecule has 0 saturated heterocycles. The van der Waals surface area contributed by atoms with Gasteiger partial charge in [0.25, 0.3) is 6.47 Å². The van der Waals surface area contributed by atoms with Crippen LogP contribution in [0.15, 0.2) is 23.5 Å². The summed E-state index contributed by atoms with van der Waals surface area (Å²) >= 11 is 0. The zero-order valence-electron chi connectivity index (χ0n) is 9.23. The number of rotatable bonds is 0. The summed E-state index contributed by atoms with van der Waals surface area (Å²) in [4.78, 5) is 8.36. The molecule has 1 saturated carbocycles. The van der Waals surface area contributed by atoms with Crippen molar-refractivity contribution in [3.8, 4) is 0 Å². The van der Waals surface area contributed by atoms with Gasteiger partial charge in [-0.1, -0.05) is 19.1 Å². The van der Waals surface area contributed by atoms with Crippen LogP contribution in [0.2, 0.25) is 0 Å². The van der Waals surface area contributed by atoms with E-state index in [4.69, 9.17) is 9.90 Å². The predicted molar refractivity (Wildman–Crippen MR) is 58.6 cm³/mol. The lowest BCUT2D eigenvalue weighted by atomic mass is 9.64. The third-order valence-electron chi connectivity index (χ3n) is 3.26. The summed E-state index contributed by atoms with van der Waals surface area (Å²) in [7, 11) is 0. The average Bonchev–Trinajstić information content (AvgIpc) is 2.19. The van der Waals surface area contributed by atoms with E-state index < -0.39 is 0 Å². The van der Waals surface area contributed by atoms with Crippen LogP contribution in [0, 0.1) is 11.3 Å². The smallest absolute Gasteiger partial charge is 0.290 e. The van der Waals surface area contributed by atoms with Crippen LogP contribution in [-0.4, -0.2) is 16.7 Å². The first kappa shape index (κ1) is 11.8. The number of carboxylic acid groups (broad SMARTS) is 1. The lowest BCUT2D eigenvalue weighted by Crippen LogP contribution is -2.29. The number of carbonyl (C=O) groups is 1. The van der Waals surface area contributed by atoms with Crippen LogP contribution in [0.1, 0.15) is 33.1 Å². The largest absolute Gasteiger partial charge is 0.513 e. The summed E-state index contributed by atoms with van der Waals surface area (Å²) in [6, 6.07) is 0. The van der Waals surface area contributed by atoms with Crippen molar-refractivity contribution in [1.82, 2.24) is 0 Å². The summed E-state index contributed by atoms with van der Waals surface area (Å²) in [5.41, 5.74) is 1.61. The van der Waals surface area contributed by atoms with Gasteiger partial charge in [-0.3, -0.25) is 4.79 Å². The second kappa shape index (κ2) is 4.51. The maximum Gasteiger partial charge on any atom is 0.290 e. The Morgan fingerprint density at radius 3 is 2.53 bits per heavy atom. The first-order chi connectivity index (χ1) is 7.02. The van der Waals surface area contributed by atoms with Crippen LogP contribution in [0.3, 0.4) is 0 Å². The average molecular weight is 210 g/mol. The Labute approximate surface area is 90.1 Å². The van der Waals surface area contributed by atoms with Crippen LogP contribution in [0.4, 0.5) is 0 Å². The Kier molecular flexibility index (Phi) is 3.56. The van der Waals surface area contributed by atoms with Gasteiger partial charge < -0.3 is 10.2 Å². The lowest BCUT2D eigenvalue weighted by Gasteiger charge is -2.41. The number of hydrogen-bond acceptors (Lipinski definition) is 2. The van der Waals surface area contributed by atoms with E-state index in [-0.39, 0.29) is 6.47 Å². The standard InChI is InChI=1S/C11H16O.CH2O2/c1-8(12)10-7-11(2)5-3-9(10)4-6-11;2-1-3/h3,5,9,12H,4,6-7H2,1-2H3;1H,(H,2,3). The van der Waals surface area contributed by atoms with Gasteiger partial charge in [0.2, 0.25) is 0 Å². The van der Waals surface area contributed by atoms with Gasteiger partial charge in [-0.15, -0.1) is 0 Å². The van der Waals surface area contributed by atoms with Crippen LogP contribution in [0.25, 0.3) is 0 Å². The molecule has 84 valence electrons. The number of aliphatic hydroxyl groups excluding tert-OH is 1. The highest BCUT2D eigenvalue weighted by molar-refractivity contribution is 5.32. The van der Waals surface area contributed by atoms with Crippen molar-refractivity contribution in [2.75, 3.05) is 0 Å². The van der Waals surface area contributed by atoms with Crippen molar-refractivity contribution < 1.29 is 15.0 Å². The molecule has 0 radical (unpaired) electrons. The van der Waals surface area contributed by atoms with Gasteiger partial charge in [-0.25, -0.2) is 0 Å². The fourth-order valence-corrected chi connectivity index (χ4v) is 2.41. The van der Waals surface area contributed by atoms with E-state index in [1.165, 1.54) is 18.4 Å². The minimum absolute atomic E-state index is 0.250. The maximum absolute atomic E-state index is 9.46. The lowest BCUT2D eigenvalue weighted by molar-refractivity contribution is -0.122. The Bertz CT molecular complexity index is 300. The van der Waals surface area contributed by atoms with E-state index in [9.17, 15) is 5.11 Å². The highest BCUT2D eigenvalue weighted by Crippen LogP contribution is 2.48. The van der Waals surface area contributed by atoms with Gasteiger partial charge in [-0.2, -0.15) is 0 Å². The van der Waals surface area contributed by atoms with E-state index >= 15 is 0 Å². The van der Waals surface area contributed by atoms with E-state index in [0.717, 1.165) is 6.42 Å². The van der Waals surface area contributed by atoms with Crippen molar-refractivity contribution in [1.29, 1.82) is 0 Å². The molecule has 3 aliphatic carbocycles. The van der Waals surface area contributed by atoms with Crippen LogP contribution in [0.5, 0.6) is 0 Å². The van der Waals surface area contributed by atoms with Gasteiger partial charge in [0.1, 0.15) is 0 Å². The van der Waals surface area contributed by atoms with Gasteiger partial charge in [0, 0.05) is 5.92 Å². The Morgan fingerprint density at radius 2 is 2.27 bits per heavy atom. The molecular formula is C12H18O3. The van der Waals surface area contributed by atoms with Gasteiger partial charge in [0.15, 0.2) is 0 Å². The molecule has 3 heteroatoms. The highest BCUT2D eigenvalue weighted by Gasteiger charge is 2.36. The monoisotopic (exact) mass is 210 g/mol. The molecule has 0 aromatic carbocycles. The molecule has 3 rings (SSSR count). The fourth-order valence-electron chi connectivity index (χ4n) is 2.41. The number of hydrogen-bond donors (Lipinski definition) is 2. The van der Waals surface area contributed by atoms with Crippen molar-refractivity contribution in [2.45, 2.75) is 33.1 Å². The maximum atomic E-state index is 9.46. The second-order valence-corrected chi connectivity index (χ2v) is 4.55. The molecule has 15 heavy (non-hydrogen) atoms. The van der Waals surface area contributed by atoms with Gasteiger partial charge in [0.05, 0.1) is 5.76 Å². The fraction of sp³-hybridized carbons (Fsp3) is 0.583. The summed E-state index contributed by atoms with van der Waals surface area (Å²) in [6.45, 7) is 3.84. The zero-order chi connectivity index (χ0) is 11.5. The minimum atomic E-state index is -0.250. The summed E-state index contributed by atoms with van der Waals surface area (Å²) < 4.78 is 0. The molecule has 0 aliphatic heterocycles. The molecule has 1 fully saturated rings. The molecule has 0 amide bonds. The molecule has 3 nitrogen and oxygen atoms in total. The van der Waals surface area contributed by atoms with E-state index in [2.05, 4.69) is 19.1 Å². The zero-order valence-corrected chi connectivity index (χ0v) is 9.23. The van der Waals surface area contributed by atoms with Crippen molar-refractivity contribution >= 4 is 6.47 Å². The summed E-state index contributed by atoms with van der Waals surface area (Å²) in [5, 5.41) is 16.3. The summed E-state index contributed by atoms with van der Waals surface area (Å²) in [5.74, 6) is 1.09. The SMILES string of the molecule is CC(O)=C1CC2(C)C=CC1CC2.O=CO. The minimum Gasteiger partial charge on any atom is -0.513 e. The first-order valence-corrected chi connectivity index (χ1v) is 5.18. The quantitative estimate of drug-likeness (QED) is 0.367. The highest BCUT2D eigenvalue weighted by atomic mass is 16.3. The first-order valence-electron chi connectivity index (χ1n) is 5.18. The van der Waals surface area contributed by atoms with Crippen molar-refractivity contribution in [2.24, 2.45) is 11.3 Å². The van der Waals surface area contributed by atoms with E-state index in [1.54, 1.807) is 0 Å². The molecule has 0 spiro atoms. The normalized spacial score (nSPS) is 35.5. The number of aliphatic hydroxyl groups is 1. The second-order valence-electron chi connectivity index (χ2n) is 4.55. The molecule has 2 N–H and O–H groups in total. The van der Waals surface area contributed by atoms with Crippen LogP contribution >= 0.6 is 0 Å². The topological polar surface area (TPSA) is 57.5 Å². The molecule has 0 heterocycles. The Hall–Kier alpha value is -1.25. The molecule has 2 unspecified atom stereocenters. The van der Waals surface area contributed by atoms with Crippen LogP contribution in [-0.2, 0) is 4.79 Å². The van der Waals surface area contributed by atoms with E-state index in [0.29, 0.717) is 17.1 Å². The van der Waals surface area contributed by atoms with Gasteiger partial charge in [-0.05, 0) is 37.2 Å². The number of allylic oxidation sites excluding steroid dienone is 4. The molecule has 2 atom stereocenters. The summed E-state index contributed by atoms with van der Waals surface area (Å²) in [6.07, 6.45) is 8.16. The Morgan fingerprint density at radius 1 is 1.67 bits per heavy atom. The molecule has 0 aromatic rings. The molecular weight excluding hydrogens is 192 g/mol. The Balaban J connectivity index is 0.000000337. The molecule has 0 aromatic heterocycles. The third-order valence-corrected chi connectivity index (χ3v) is 3.26.